The van der Waals surface area contributed by atoms with Crippen LogP contribution in [-0.4, -0.2) is 28.2 Å². The van der Waals surface area contributed by atoms with Gasteiger partial charge in [-0.3, -0.25) is 9.59 Å². The van der Waals surface area contributed by atoms with E-state index in [1.54, 1.807) is 30.5 Å². The third-order valence-corrected chi connectivity index (χ3v) is 4.61. The number of carbonyl (C=O) groups is 2. The smallest absolute Gasteiger partial charge is 0.259 e. The minimum atomic E-state index is -0.411. The van der Waals surface area contributed by atoms with Crippen molar-refractivity contribution in [3.05, 3.63) is 71.5 Å². The fourth-order valence-corrected chi connectivity index (χ4v) is 3.08. The first-order valence-corrected chi connectivity index (χ1v) is 9.82. The van der Waals surface area contributed by atoms with Gasteiger partial charge in [-0.15, -0.1) is 0 Å². The molecule has 0 aliphatic rings. The third-order valence-electron chi connectivity index (χ3n) is 4.61. The molecule has 3 aromatic rings. The fraction of sp³-hybridized carbons (Fsp3) is 0.261. The van der Waals surface area contributed by atoms with Crippen LogP contribution in [0.4, 0.5) is 5.69 Å². The molecule has 0 unspecified atom stereocenters. The average molecular weight is 406 g/mol. The molecule has 0 fully saturated rings. The number of nitrogens with zero attached hydrogens (tertiary/aromatic N) is 2. The normalized spacial score (nSPS) is 10.8. The highest BCUT2D eigenvalue weighted by Crippen LogP contribution is 2.25. The molecule has 0 radical (unpaired) electrons. The van der Waals surface area contributed by atoms with E-state index < -0.39 is 5.91 Å². The van der Waals surface area contributed by atoms with Crippen LogP contribution in [0.5, 0.6) is 5.75 Å². The standard InChI is InChI=1S/C23H26N4O3/c1-15(2)22-20(14-25-27(22)18-8-4-16(3)5-9-18)23(29)26-17-6-10-19(11-7-17)30-13-12-21(24)28/h4-11,14-15H,12-13H2,1-3H3,(H2,24,28)(H,26,29). The van der Waals surface area contributed by atoms with Crippen molar-refractivity contribution in [3.8, 4) is 11.4 Å². The molecule has 3 rings (SSSR count). The van der Waals surface area contributed by atoms with E-state index in [9.17, 15) is 9.59 Å². The third kappa shape index (κ3) is 5.05. The zero-order valence-electron chi connectivity index (χ0n) is 17.4. The summed E-state index contributed by atoms with van der Waals surface area (Å²) < 4.78 is 7.26. The van der Waals surface area contributed by atoms with Gasteiger partial charge in [0.2, 0.25) is 5.91 Å². The second-order valence-corrected chi connectivity index (χ2v) is 7.39. The Labute approximate surface area is 175 Å². The zero-order chi connectivity index (χ0) is 21.7. The van der Waals surface area contributed by atoms with Crippen LogP contribution in [0.3, 0.4) is 0 Å². The first-order valence-electron chi connectivity index (χ1n) is 9.82. The number of nitrogens with two attached hydrogens (primary N) is 1. The maximum absolute atomic E-state index is 12.9. The Kier molecular flexibility index (Phi) is 6.51. The number of ether oxygens (including phenoxy) is 1. The lowest BCUT2D eigenvalue weighted by atomic mass is 10.0. The molecule has 0 spiro atoms. The summed E-state index contributed by atoms with van der Waals surface area (Å²) in [7, 11) is 0. The van der Waals surface area contributed by atoms with Crippen molar-refractivity contribution < 1.29 is 14.3 Å². The minimum Gasteiger partial charge on any atom is -0.493 e. The molecular formula is C23H26N4O3. The molecule has 3 N–H and O–H groups in total. The zero-order valence-corrected chi connectivity index (χ0v) is 17.4. The summed E-state index contributed by atoms with van der Waals surface area (Å²) in [6.45, 7) is 6.33. The number of aryl methyl sites for hydroxylation is 1. The van der Waals surface area contributed by atoms with Crippen molar-refractivity contribution >= 4 is 17.5 Å². The number of anilines is 1. The van der Waals surface area contributed by atoms with E-state index >= 15 is 0 Å². The first kappa shape index (κ1) is 21.1. The van der Waals surface area contributed by atoms with Crippen LogP contribution in [0.2, 0.25) is 0 Å². The molecule has 0 bridgehead atoms. The maximum atomic E-state index is 12.9. The van der Waals surface area contributed by atoms with E-state index in [2.05, 4.69) is 10.4 Å². The first-order chi connectivity index (χ1) is 14.3. The SMILES string of the molecule is Cc1ccc(-n2ncc(C(=O)Nc3ccc(OCCC(N)=O)cc3)c2C(C)C)cc1. The molecule has 156 valence electrons. The van der Waals surface area contributed by atoms with Crippen LogP contribution in [-0.2, 0) is 4.79 Å². The predicted molar refractivity (Wildman–Crippen MR) is 116 cm³/mol. The van der Waals surface area contributed by atoms with Crippen molar-refractivity contribution in [3.63, 3.8) is 0 Å². The fourth-order valence-electron chi connectivity index (χ4n) is 3.08. The quantitative estimate of drug-likeness (QED) is 0.594. The van der Waals surface area contributed by atoms with E-state index in [4.69, 9.17) is 10.5 Å². The van der Waals surface area contributed by atoms with Crippen molar-refractivity contribution in [2.24, 2.45) is 5.73 Å². The second kappa shape index (κ2) is 9.26. The van der Waals surface area contributed by atoms with Crippen molar-refractivity contribution in [1.29, 1.82) is 0 Å². The van der Waals surface area contributed by atoms with E-state index in [1.165, 1.54) is 0 Å². The summed E-state index contributed by atoms with van der Waals surface area (Å²) in [5.74, 6) is 0.0744. The molecule has 7 heteroatoms. The van der Waals surface area contributed by atoms with Gasteiger partial charge in [-0.2, -0.15) is 5.10 Å². The molecule has 2 aromatic carbocycles. The molecule has 1 heterocycles. The molecule has 2 amide bonds. The highest BCUT2D eigenvalue weighted by Gasteiger charge is 2.21. The van der Waals surface area contributed by atoms with E-state index in [1.807, 2.05) is 49.7 Å². The molecule has 0 saturated heterocycles. The molecule has 0 aliphatic carbocycles. The summed E-state index contributed by atoms with van der Waals surface area (Å²) in [5, 5.41) is 7.37. The van der Waals surface area contributed by atoms with Gasteiger partial charge in [0.15, 0.2) is 0 Å². The molecular weight excluding hydrogens is 380 g/mol. The number of hydrogen-bond acceptors (Lipinski definition) is 4. The highest BCUT2D eigenvalue weighted by molar-refractivity contribution is 6.05. The average Bonchev–Trinajstić information content (AvgIpc) is 3.15. The van der Waals surface area contributed by atoms with Crippen molar-refractivity contribution in [2.45, 2.75) is 33.1 Å². The Morgan fingerprint density at radius 1 is 1.10 bits per heavy atom. The molecule has 1 aromatic heterocycles. The molecule has 0 aliphatic heterocycles. The van der Waals surface area contributed by atoms with Gasteiger partial charge < -0.3 is 15.8 Å². The van der Waals surface area contributed by atoms with Gasteiger partial charge in [0.05, 0.1) is 36.2 Å². The number of aromatic nitrogens is 2. The van der Waals surface area contributed by atoms with Gasteiger partial charge in [0.25, 0.3) is 5.91 Å². The van der Waals surface area contributed by atoms with Crippen molar-refractivity contribution in [2.75, 3.05) is 11.9 Å². The number of hydrogen-bond donors (Lipinski definition) is 2. The van der Waals surface area contributed by atoms with Gasteiger partial charge in [-0.25, -0.2) is 4.68 Å². The monoisotopic (exact) mass is 406 g/mol. The summed E-state index contributed by atoms with van der Waals surface area (Å²) in [5.41, 5.74) is 9.20. The lowest BCUT2D eigenvalue weighted by molar-refractivity contribution is -0.118. The van der Waals surface area contributed by atoms with Crippen LogP contribution < -0.4 is 15.8 Å². The van der Waals surface area contributed by atoms with Gasteiger partial charge in [-0.1, -0.05) is 31.5 Å². The number of benzene rings is 2. The Bertz CT molecular complexity index is 1020. The van der Waals surface area contributed by atoms with Crippen LogP contribution in [0.15, 0.2) is 54.7 Å². The lowest BCUT2D eigenvalue weighted by Gasteiger charge is -2.13. The largest absolute Gasteiger partial charge is 0.493 e. The van der Waals surface area contributed by atoms with Crippen LogP contribution in [0.1, 0.15) is 47.8 Å². The summed E-state index contributed by atoms with van der Waals surface area (Å²) >= 11 is 0. The molecule has 0 saturated carbocycles. The van der Waals surface area contributed by atoms with Gasteiger partial charge in [0, 0.05) is 5.69 Å². The highest BCUT2D eigenvalue weighted by atomic mass is 16.5. The van der Waals surface area contributed by atoms with Crippen LogP contribution in [0.25, 0.3) is 5.69 Å². The minimum absolute atomic E-state index is 0.107. The Morgan fingerprint density at radius 2 is 1.77 bits per heavy atom. The number of carbonyl (C=O) groups excluding carboxylic acids is 2. The predicted octanol–water partition coefficient (Wildman–Crippen LogP) is 3.81. The van der Waals surface area contributed by atoms with E-state index in [0.717, 1.165) is 16.9 Å². The van der Waals surface area contributed by atoms with Crippen LogP contribution >= 0.6 is 0 Å². The number of primary amides is 1. The van der Waals surface area contributed by atoms with E-state index in [0.29, 0.717) is 17.0 Å². The second-order valence-electron chi connectivity index (χ2n) is 7.39. The summed E-state index contributed by atoms with van der Waals surface area (Å²) in [6.07, 6.45) is 1.76. The number of amides is 2. The summed E-state index contributed by atoms with van der Waals surface area (Å²) in [6, 6.07) is 15.0. The topological polar surface area (TPSA) is 99.2 Å². The molecule has 0 atom stereocenters. The number of nitrogens with one attached hydrogen (secondary N) is 1. The summed E-state index contributed by atoms with van der Waals surface area (Å²) in [4.78, 5) is 23.7. The Hall–Kier alpha value is -3.61. The lowest BCUT2D eigenvalue weighted by Crippen LogP contribution is -2.15. The Balaban J connectivity index is 1.75. The molecule has 30 heavy (non-hydrogen) atoms. The number of rotatable bonds is 8. The van der Waals surface area contributed by atoms with E-state index in [-0.39, 0.29) is 24.9 Å². The molecule has 7 nitrogen and oxygen atoms in total. The van der Waals surface area contributed by atoms with Gasteiger partial charge >= 0.3 is 0 Å². The van der Waals surface area contributed by atoms with Gasteiger partial charge in [-0.05, 0) is 49.2 Å². The maximum Gasteiger partial charge on any atom is 0.259 e. The Morgan fingerprint density at radius 3 is 2.37 bits per heavy atom. The van der Waals surface area contributed by atoms with Crippen LogP contribution in [0, 0.1) is 6.92 Å². The van der Waals surface area contributed by atoms with Crippen molar-refractivity contribution in [1.82, 2.24) is 9.78 Å². The van der Waals surface area contributed by atoms with Gasteiger partial charge in [0.1, 0.15) is 5.75 Å².